The van der Waals surface area contributed by atoms with Crippen LogP contribution in [0.4, 0.5) is 13.2 Å². The van der Waals surface area contributed by atoms with E-state index in [1.165, 1.54) is 7.05 Å². The van der Waals surface area contributed by atoms with E-state index >= 15 is 0 Å². The van der Waals surface area contributed by atoms with Gasteiger partial charge in [-0.25, -0.2) is 0 Å². The van der Waals surface area contributed by atoms with Crippen LogP contribution in [-0.4, -0.2) is 17.2 Å². The third-order valence-electron chi connectivity index (χ3n) is 2.15. The van der Waals surface area contributed by atoms with E-state index in [0.29, 0.717) is 12.1 Å². The molecule has 0 atom stereocenters. The summed E-state index contributed by atoms with van der Waals surface area (Å²) in [6.45, 7) is 0.334. The van der Waals surface area contributed by atoms with Crippen molar-refractivity contribution in [2.24, 2.45) is 10.8 Å². The summed E-state index contributed by atoms with van der Waals surface area (Å²) in [6.07, 6.45) is -4.64. The maximum Gasteiger partial charge on any atom is 0.471 e. The molecule has 0 spiro atoms. The number of nitrogens with two attached hydrogens (primary N) is 2. The highest BCUT2D eigenvalue weighted by Gasteiger charge is 2.38. The van der Waals surface area contributed by atoms with E-state index in [1.807, 2.05) is 0 Å². The number of benzene rings is 1. The molecule has 4 N–H and O–H groups in total. The molecule has 0 bridgehead atoms. The molecule has 0 saturated carbocycles. The van der Waals surface area contributed by atoms with E-state index in [4.69, 9.17) is 5.53 Å². The number of hydrogen-bond acceptors (Lipinski definition) is 5. The Kier molecular flexibility index (Phi) is 5.32. The molecule has 1 aromatic heterocycles. The van der Waals surface area contributed by atoms with Crippen molar-refractivity contribution < 1.29 is 23.2 Å². The molecule has 0 fully saturated rings. The number of alkyl halides is 3. The smallest absolute Gasteiger partial charge is 0.333 e. The Morgan fingerprint density at radius 3 is 2.30 bits per heavy atom. The van der Waals surface area contributed by atoms with Crippen LogP contribution < -0.4 is 11.3 Å². The predicted molar refractivity (Wildman–Crippen MR) is 62.9 cm³/mol. The van der Waals surface area contributed by atoms with Crippen molar-refractivity contribution in [2.45, 2.75) is 12.7 Å². The number of aromatic nitrogens is 2. The molecule has 0 radical (unpaired) electrons. The van der Waals surface area contributed by atoms with Gasteiger partial charge in [0.15, 0.2) is 0 Å². The molecule has 0 saturated heterocycles. The van der Waals surface area contributed by atoms with Gasteiger partial charge in [-0.3, -0.25) is 0 Å². The van der Waals surface area contributed by atoms with E-state index in [2.05, 4.69) is 25.5 Å². The lowest BCUT2D eigenvalue weighted by Crippen LogP contribution is -2.23. The number of halogens is 3. The molecule has 20 heavy (non-hydrogen) atoms. The van der Waals surface area contributed by atoms with E-state index in [1.54, 1.807) is 24.3 Å². The fraction of sp³-hybridized carbons (Fsp3) is 0.273. The van der Waals surface area contributed by atoms with Crippen LogP contribution in [0.1, 0.15) is 11.5 Å². The van der Waals surface area contributed by atoms with Gasteiger partial charge in [0.2, 0.25) is 5.82 Å². The Morgan fingerprint density at radius 2 is 1.85 bits per heavy atom. The van der Waals surface area contributed by atoms with Crippen molar-refractivity contribution >= 4 is 0 Å². The summed E-state index contributed by atoms with van der Waals surface area (Å²) >= 11 is 0. The number of hydrogen-bond donors (Lipinski definition) is 2. The number of nitrogens with zero attached hydrogens (tertiary/aromatic N) is 3. The molecule has 6 nitrogen and oxygen atoms in total. The van der Waals surface area contributed by atoms with Crippen LogP contribution in [0.3, 0.4) is 0 Å². The molecule has 0 aliphatic rings. The first-order chi connectivity index (χ1) is 9.50. The Hall–Kier alpha value is -2.29. The van der Waals surface area contributed by atoms with Crippen molar-refractivity contribution in [3.8, 4) is 11.4 Å². The van der Waals surface area contributed by atoms with Gasteiger partial charge in [-0.1, -0.05) is 29.4 Å². The molecule has 0 aliphatic carbocycles. The van der Waals surface area contributed by atoms with Crippen LogP contribution in [0.15, 0.2) is 33.9 Å². The first kappa shape index (κ1) is 15.8. The molecule has 2 aromatic rings. The van der Waals surface area contributed by atoms with Gasteiger partial charge < -0.3 is 10.3 Å². The number of rotatable bonds is 3. The molecular weight excluding hydrogens is 275 g/mol. The first-order valence-corrected chi connectivity index (χ1v) is 5.45. The zero-order valence-corrected chi connectivity index (χ0v) is 10.6. The van der Waals surface area contributed by atoms with Gasteiger partial charge in [0.1, 0.15) is 6.54 Å². The second kappa shape index (κ2) is 6.75. The van der Waals surface area contributed by atoms with Gasteiger partial charge in [0.05, 0.1) is 0 Å². The highest BCUT2D eigenvalue weighted by molar-refractivity contribution is 5.54. The van der Waals surface area contributed by atoms with Crippen molar-refractivity contribution in [3.63, 3.8) is 0 Å². The predicted octanol–water partition coefficient (Wildman–Crippen LogP) is 1.04. The average molecular weight is 288 g/mol. The first-order valence-electron chi connectivity index (χ1n) is 5.45. The van der Waals surface area contributed by atoms with Crippen LogP contribution >= 0.6 is 0 Å². The zero-order chi connectivity index (χ0) is 15.2. The average Bonchev–Trinajstić information content (AvgIpc) is 2.92. The van der Waals surface area contributed by atoms with Gasteiger partial charge in [-0.15, -0.1) is 0 Å². The van der Waals surface area contributed by atoms with Crippen molar-refractivity contribution in [1.29, 1.82) is 0 Å². The minimum absolute atomic E-state index is 0.112. The molecule has 1 heterocycles. The molecular formula is C11H13F3N5O+. The molecule has 1 aromatic carbocycles. The maximum atomic E-state index is 12.3. The third-order valence-corrected chi connectivity index (χ3v) is 2.15. The lowest BCUT2D eigenvalue weighted by Gasteiger charge is -1.97. The quantitative estimate of drug-likeness (QED) is 0.823. The van der Waals surface area contributed by atoms with Crippen LogP contribution in [0.2, 0.25) is 0 Å². The van der Waals surface area contributed by atoms with Gasteiger partial charge in [-0.05, 0) is 17.7 Å². The van der Waals surface area contributed by atoms with E-state index in [9.17, 15) is 13.2 Å². The molecule has 9 heteroatoms. The fourth-order valence-electron chi connectivity index (χ4n) is 1.32. The van der Waals surface area contributed by atoms with Crippen molar-refractivity contribution in [2.75, 3.05) is 7.05 Å². The standard InChI is InChI=1S/C10H7F3N4O.CH5N/c11-10(12,13)9-16-8(17-18-9)7-3-1-6(2-4-7)5-15-14;1-2/h1-4,14H,5H2;2H2,1H3/p+1. The normalized spacial score (nSPS) is 10.7. The summed E-state index contributed by atoms with van der Waals surface area (Å²) in [6, 6.07) is 6.50. The summed E-state index contributed by atoms with van der Waals surface area (Å²) in [4.78, 5) is 3.28. The second-order valence-corrected chi connectivity index (χ2v) is 3.46. The molecule has 0 aliphatic heterocycles. The Labute approximate surface area is 112 Å². The largest absolute Gasteiger partial charge is 0.471 e. The van der Waals surface area contributed by atoms with Crippen molar-refractivity contribution in [1.82, 2.24) is 10.1 Å². The SMILES string of the molecule is CN.[NH2+]=NCc1ccc(-c2noc(C(F)(F)F)n2)cc1. The minimum Gasteiger partial charge on any atom is -0.333 e. The summed E-state index contributed by atoms with van der Waals surface area (Å²) in [5.41, 5.74) is 10.8. The molecule has 0 unspecified atom stereocenters. The highest BCUT2D eigenvalue weighted by Crippen LogP contribution is 2.29. The Morgan fingerprint density at radius 1 is 1.25 bits per heavy atom. The Bertz CT molecular complexity index is 550. The van der Waals surface area contributed by atoms with E-state index in [0.717, 1.165) is 5.56 Å². The second-order valence-electron chi connectivity index (χ2n) is 3.46. The molecule has 0 amide bonds. The zero-order valence-electron chi connectivity index (χ0n) is 10.6. The summed E-state index contributed by atoms with van der Waals surface area (Å²) in [5.74, 6) is -1.47. The van der Waals surface area contributed by atoms with E-state index in [-0.39, 0.29) is 5.82 Å². The summed E-state index contributed by atoms with van der Waals surface area (Å²) < 4.78 is 40.9. The maximum absolute atomic E-state index is 12.3. The van der Waals surface area contributed by atoms with Crippen molar-refractivity contribution in [3.05, 3.63) is 35.7 Å². The van der Waals surface area contributed by atoms with Gasteiger partial charge in [0, 0.05) is 5.56 Å². The fourth-order valence-corrected chi connectivity index (χ4v) is 1.32. The highest BCUT2D eigenvalue weighted by atomic mass is 19.4. The third kappa shape index (κ3) is 3.85. The lowest BCUT2D eigenvalue weighted by molar-refractivity contribution is -0.223. The van der Waals surface area contributed by atoms with Crippen LogP contribution in [0.5, 0.6) is 0 Å². The van der Waals surface area contributed by atoms with Crippen LogP contribution in [-0.2, 0) is 12.7 Å². The summed E-state index contributed by atoms with van der Waals surface area (Å²) in [5, 5.41) is 6.72. The monoisotopic (exact) mass is 288 g/mol. The van der Waals surface area contributed by atoms with Crippen LogP contribution in [0, 0.1) is 0 Å². The van der Waals surface area contributed by atoms with E-state index < -0.39 is 12.1 Å². The van der Waals surface area contributed by atoms with Gasteiger partial charge in [0.25, 0.3) is 0 Å². The molecule has 2 rings (SSSR count). The molecule has 108 valence electrons. The lowest BCUT2D eigenvalue weighted by atomic mass is 10.1. The topological polar surface area (TPSA) is 103 Å². The summed E-state index contributed by atoms with van der Waals surface area (Å²) in [7, 11) is 1.50. The minimum atomic E-state index is -4.64. The van der Waals surface area contributed by atoms with Crippen LogP contribution in [0.25, 0.3) is 11.4 Å². The van der Waals surface area contributed by atoms with Gasteiger partial charge >= 0.3 is 12.1 Å². The Balaban J connectivity index is 0.000000956. The van der Waals surface area contributed by atoms with Gasteiger partial charge in [-0.2, -0.15) is 23.7 Å².